The Labute approximate surface area is 152 Å². The van der Waals surface area contributed by atoms with Gasteiger partial charge in [0.2, 0.25) is 9.05 Å². The smallest absolute Gasteiger partial charge is 0.407 e. The number of rotatable bonds is 6. The van der Waals surface area contributed by atoms with E-state index < -0.39 is 30.5 Å². The number of carbonyl (C=O) groups is 1. The van der Waals surface area contributed by atoms with Crippen LogP contribution < -0.4 is 5.32 Å². The summed E-state index contributed by atoms with van der Waals surface area (Å²) in [6.07, 6.45) is -0.422. The lowest BCUT2D eigenvalue weighted by Crippen LogP contribution is -2.54. The van der Waals surface area contributed by atoms with E-state index in [1.807, 2.05) is 18.2 Å². The molecule has 1 amide bonds. The lowest BCUT2D eigenvalue weighted by molar-refractivity contribution is 0.122. The van der Waals surface area contributed by atoms with Crippen LogP contribution in [0.4, 0.5) is 4.79 Å². The number of sulfone groups is 1. The van der Waals surface area contributed by atoms with Gasteiger partial charge < -0.3 is 10.1 Å². The van der Waals surface area contributed by atoms with Gasteiger partial charge in [-0.3, -0.25) is 0 Å². The van der Waals surface area contributed by atoms with Crippen LogP contribution in [0, 0.1) is 0 Å². The first-order valence-electron chi connectivity index (χ1n) is 7.71. The third kappa shape index (κ3) is 6.83. The number of carbonyl (C=O) groups excluding carboxylic acids is 1. The first kappa shape index (κ1) is 20.0. The van der Waals surface area contributed by atoms with Crippen LogP contribution >= 0.6 is 10.7 Å². The van der Waals surface area contributed by atoms with E-state index >= 15 is 0 Å². The monoisotopic (exact) mass is 409 g/mol. The number of alkyl carbamates (subject to hydrolysis) is 1. The zero-order valence-corrected chi connectivity index (χ0v) is 15.9. The predicted molar refractivity (Wildman–Crippen MR) is 94.6 cm³/mol. The fourth-order valence-electron chi connectivity index (χ4n) is 2.66. The highest BCUT2D eigenvalue weighted by Gasteiger charge is 2.39. The molecule has 1 aliphatic rings. The number of ether oxygens (including phenoxy) is 1. The molecule has 1 fully saturated rings. The molecule has 1 saturated heterocycles. The highest BCUT2D eigenvalue weighted by atomic mass is 35.7. The van der Waals surface area contributed by atoms with Crippen molar-refractivity contribution in [1.29, 1.82) is 0 Å². The van der Waals surface area contributed by atoms with E-state index in [9.17, 15) is 21.6 Å². The van der Waals surface area contributed by atoms with Crippen LogP contribution in [-0.4, -0.2) is 45.7 Å². The zero-order valence-electron chi connectivity index (χ0n) is 13.5. The normalized spacial score (nSPS) is 19.1. The first-order valence-corrected chi connectivity index (χ1v) is 12.0. The van der Waals surface area contributed by atoms with E-state index in [0.717, 1.165) is 5.56 Å². The molecule has 0 unspecified atom stereocenters. The minimum Gasteiger partial charge on any atom is -0.445 e. The summed E-state index contributed by atoms with van der Waals surface area (Å²) in [7, 11) is -1.67. The molecular formula is C15H20ClNO6S2. The molecule has 140 valence electrons. The molecule has 1 N–H and O–H groups in total. The maximum absolute atomic E-state index is 12.1. The highest BCUT2D eigenvalue weighted by molar-refractivity contribution is 8.13. The van der Waals surface area contributed by atoms with E-state index in [2.05, 4.69) is 5.32 Å². The second kappa shape index (κ2) is 7.92. The van der Waals surface area contributed by atoms with Crippen molar-refractivity contribution in [3.05, 3.63) is 35.9 Å². The minimum atomic E-state index is -3.75. The largest absolute Gasteiger partial charge is 0.445 e. The Morgan fingerprint density at radius 3 is 2.36 bits per heavy atom. The molecule has 0 radical (unpaired) electrons. The van der Waals surface area contributed by atoms with Gasteiger partial charge in [0, 0.05) is 16.2 Å². The maximum Gasteiger partial charge on any atom is 0.407 e. The molecule has 0 saturated carbocycles. The summed E-state index contributed by atoms with van der Waals surface area (Å²) in [5.41, 5.74) is -0.151. The Bertz CT molecular complexity index is 794. The summed E-state index contributed by atoms with van der Waals surface area (Å²) >= 11 is 0. The molecule has 2 rings (SSSR count). The lowest BCUT2D eigenvalue weighted by atomic mass is 9.89. The molecule has 0 spiro atoms. The molecule has 1 aromatic carbocycles. The minimum absolute atomic E-state index is 0.0365. The third-order valence-corrected chi connectivity index (χ3v) is 6.99. The van der Waals surface area contributed by atoms with E-state index in [4.69, 9.17) is 15.4 Å². The Morgan fingerprint density at radius 1 is 1.20 bits per heavy atom. The molecule has 0 atom stereocenters. The Kier molecular flexibility index (Phi) is 6.34. The van der Waals surface area contributed by atoms with Gasteiger partial charge in [-0.15, -0.1) is 0 Å². The van der Waals surface area contributed by atoms with Crippen LogP contribution in [0.2, 0.25) is 0 Å². The van der Waals surface area contributed by atoms with Crippen molar-refractivity contribution in [2.45, 2.75) is 31.4 Å². The molecule has 10 heteroatoms. The summed E-state index contributed by atoms with van der Waals surface area (Å²) < 4.78 is 50.9. The van der Waals surface area contributed by atoms with E-state index in [0.29, 0.717) is 0 Å². The quantitative estimate of drug-likeness (QED) is 0.718. The molecule has 0 aromatic heterocycles. The molecule has 1 heterocycles. The number of hydrogen-bond acceptors (Lipinski definition) is 6. The van der Waals surface area contributed by atoms with Crippen molar-refractivity contribution < 1.29 is 26.4 Å². The third-order valence-electron chi connectivity index (χ3n) is 4.19. The molecule has 0 aliphatic carbocycles. The Balaban J connectivity index is 2.01. The topological polar surface area (TPSA) is 107 Å². The summed E-state index contributed by atoms with van der Waals surface area (Å²) in [6, 6.07) is 9.07. The van der Waals surface area contributed by atoms with Gasteiger partial charge in [0.1, 0.15) is 16.4 Å². The molecule has 1 aliphatic heterocycles. The Morgan fingerprint density at radius 2 is 1.80 bits per heavy atom. The molecule has 7 nitrogen and oxygen atoms in total. The average Bonchev–Trinajstić information content (AvgIpc) is 2.54. The fourth-order valence-corrected chi connectivity index (χ4v) is 5.13. The van der Waals surface area contributed by atoms with Gasteiger partial charge in [-0.05, 0) is 24.8 Å². The zero-order chi connectivity index (χ0) is 18.6. The number of benzene rings is 1. The number of halogens is 1. The van der Waals surface area contributed by atoms with Gasteiger partial charge >= 0.3 is 6.09 Å². The van der Waals surface area contributed by atoms with Crippen molar-refractivity contribution in [3.63, 3.8) is 0 Å². The predicted octanol–water partition coefficient (Wildman–Crippen LogP) is 1.82. The number of nitrogens with one attached hydrogen (secondary N) is 1. The molecule has 25 heavy (non-hydrogen) atoms. The van der Waals surface area contributed by atoms with E-state index in [-0.39, 0.29) is 43.1 Å². The van der Waals surface area contributed by atoms with Crippen molar-refractivity contribution >= 4 is 35.7 Å². The second-order valence-electron chi connectivity index (χ2n) is 6.11. The lowest BCUT2D eigenvalue weighted by Gasteiger charge is -2.37. The van der Waals surface area contributed by atoms with Gasteiger partial charge in [-0.2, -0.15) is 0 Å². The summed E-state index contributed by atoms with van der Waals surface area (Å²) in [5, 5.41) is 2.66. The van der Waals surface area contributed by atoms with Gasteiger partial charge in [0.25, 0.3) is 0 Å². The highest BCUT2D eigenvalue weighted by Crippen LogP contribution is 2.28. The maximum atomic E-state index is 12.1. The van der Waals surface area contributed by atoms with Crippen molar-refractivity contribution in [2.24, 2.45) is 0 Å². The van der Waals surface area contributed by atoms with Crippen LogP contribution in [-0.2, 0) is 30.2 Å². The molecule has 0 bridgehead atoms. The van der Waals surface area contributed by atoms with Crippen molar-refractivity contribution in [3.8, 4) is 0 Å². The van der Waals surface area contributed by atoms with Crippen LogP contribution in [0.5, 0.6) is 0 Å². The first-order chi connectivity index (χ1) is 11.6. The van der Waals surface area contributed by atoms with E-state index in [1.54, 1.807) is 12.1 Å². The Hall–Kier alpha value is -1.32. The standard InChI is InChI=1S/C15H20ClNO6S2/c16-25(21,22)11-8-15(6-9-24(19,20)10-7-15)17-14(18)23-12-13-4-2-1-3-5-13/h1-5H,6-12H2,(H,17,18). The fraction of sp³-hybridized carbons (Fsp3) is 0.533. The molecular weight excluding hydrogens is 390 g/mol. The average molecular weight is 410 g/mol. The number of hydrogen-bond donors (Lipinski definition) is 1. The summed E-state index contributed by atoms with van der Waals surface area (Å²) in [6.45, 7) is 0.0643. The SMILES string of the molecule is O=C(NC1(CCS(=O)(=O)Cl)CCS(=O)(=O)CC1)OCc1ccccc1. The van der Waals surface area contributed by atoms with Gasteiger partial charge in [-0.25, -0.2) is 21.6 Å². The van der Waals surface area contributed by atoms with Crippen LogP contribution in [0.3, 0.4) is 0 Å². The van der Waals surface area contributed by atoms with Crippen molar-refractivity contribution in [1.82, 2.24) is 5.32 Å². The summed E-state index contributed by atoms with van der Waals surface area (Å²) in [4.78, 5) is 12.1. The second-order valence-corrected chi connectivity index (χ2v) is 11.3. The van der Waals surface area contributed by atoms with Gasteiger partial charge in [0.05, 0.1) is 17.3 Å². The van der Waals surface area contributed by atoms with Crippen LogP contribution in [0.25, 0.3) is 0 Å². The van der Waals surface area contributed by atoms with Crippen LogP contribution in [0.15, 0.2) is 30.3 Å². The van der Waals surface area contributed by atoms with Gasteiger partial charge in [0.15, 0.2) is 0 Å². The van der Waals surface area contributed by atoms with Crippen LogP contribution in [0.1, 0.15) is 24.8 Å². The van der Waals surface area contributed by atoms with E-state index in [1.165, 1.54) is 0 Å². The van der Waals surface area contributed by atoms with Crippen molar-refractivity contribution in [2.75, 3.05) is 17.3 Å². The summed E-state index contributed by atoms with van der Waals surface area (Å²) in [5.74, 6) is -0.587. The van der Waals surface area contributed by atoms with Gasteiger partial charge in [-0.1, -0.05) is 30.3 Å². The molecule has 1 aromatic rings. The number of amides is 1.